The lowest BCUT2D eigenvalue weighted by atomic mass is 9.81. The van der Waals surface area contributed by atoms with Crippen molar-refractivity contribution in [2.45, 2.75) is 59.0 Å². The Morgan fingerprint density at radius 2 is 2.19 bits per heavy atom. The van der Waals surface area contributed by atoms with E-state index in [0.717, 1.165) is 18.4 Å². The Hall–Kier alpha value is -1.52. The molecule has 1 aromatic rings. The Labute approximate surface area is 127 Å². The summed E-state index contributed by atoms with van der Waals surface area (Å²) in [6.07, 6.45) is 8.19. The number of nitrogens with two attached hydrogens (primary N) is 1. The Balaban J connectivity index is 1.85. The lowest BCUT2D eigenvalue weighted by molar-refractivity contribution is 0.234. The smallest absolute Gasteiger partial charge is 0.242 e. The molecule has 3 N–H and O–H groups in total. The van der Waals surface area contributed by atoms with Crippen molar-refractivity contribution in [3.63, 3.8) is 0 Å². The number of nitrogens with zero attached hydrogens (tertiary/aromatic N) is 2. The van der Waals surface area contributed by atoms with Gasteiger partial charge in [0.25, 0.3) is 0 Å². The molecule has 1 aliphatic carbocycles. The van der Waals surface area contributed by atoms with Crippen LogP contribution in [0.4, 0.5) is 11.5 Å². The molecule has 1 saturated carbocycles. The Kier molecular flexibility index (Phi) is 5.65. The van der Waals surface area contributed by atoms with Crippen LogP contribution < -0.4 is 15.8 Å². The third-order valence-corrected chi connectivity index (χ3v) is 4.08. The number of nitrogen functional groups attached to an aromatic ring is 1. The van der Waals surface area contributed by atoms with E-state index in [2.05, 4.69) is 22.2 Å². The Morgan fingerprint density at radius 3 is 2.90 bits per heavy atom. The molecule has 0 spiro atoms. The first kappa shape index (κ1) is 15.9. The van der Waals surface area contributed by atoms with Gasteiger partial charge in [0, 0.05) is 6.54 Å². The summed E-state index contributed by atoms with van der Waals surface area (Å²) < 4.78 is 5.58. The second-order valence-electron chi connectivity index (χ2n) is 6.46. The molecule has 0 aliphatic heterocycles. The summed E-state index contributed by atoms with van der Waals surface area (Å²) in [4.78, 5) is 8.31. The summed E-state index contributed by atoms with van der Waals surface area (Å²) in [6, 6.07) is 0. The second kappa shape index (κ2) is 7.48. The van der Waals surface area contributed by atoms with Crippen molar-refractivity contribution >= 4 is 11.5 Å². The van der Waals surface area contributed by atoms with Gasteiger partial charge in [-0.1, -0.05) is 26.2 Å². The molecule has 5 heteroatoms. The van der Waals surface area contributed by atoms with E-state index in [1.165, 1.54) is 38.4 Å². The first-order valence-corrected chi connectivity index (χ1v) is 8.07. The van der Waals surface area contributed by atoms with Gasteiger partial charge in [0.1, 0.15) is 12.0 Å². The van der Waals surface area contributed by atoms with Crippen LogP contribution >= 0.6 is 0 Å². The molecule has 0 radical (unpaired) electrons. The van der Waals surface area contributed by atoms with Crippen molar-refractivity contribution in [3.8, 4) is 5.88 Å². The fourth-order valence-electron chi connectivity index (χ4n) is 3.05. The van der Waals surface area contributed by atoms with Gasteiger partial charge in [-0.05, 0) is 38.5 Å². The normalized spacial score (nSPS) is 22.3. The first-order valence-electron chi connectivity index (χ1n) is 8.07. The van der Waals surface area contributed by atoms with E-state index in [1.807, 2.05) is 13.8 Å². The van der Waals surface area contributed by atoms with Crippen LogP contribution in [0.25, 0.3) is 0 Å². The third-order valence-electron chi connectivity index (χ3n) is 4.08. The predicted molar refractivity (Wildman–Crippen MR) is 86.4 cm³/mol. The molecule has 2 unspecified atom stereocenters. The molecule has 2 atom stereocenters. The molecular weight excluding hydrogens is 264 g/mol. The molecule has 1 aliphatic rings. The highest BCUT2D eigenvalue weighted by atomic mass is 16.5. The fourth-order valence-corrected chi connectivity index (χ4v) is 3.05. The Morgan fingerprint density at radius 1 is 1.38 bits per heavy atom. The van der Waals surface area contributed by atoms with Gasteiger partial charge in [0.15, 0.2) is 5.82 Å². The maximum absolute atomic E-state index is 6.06. The molecule has 118 valence electrons. The van der Waals surface area contributed by atoms with Crippen LogP contribution in [0.3, 0.4) is 0 Å². The minimum atomic E-state index is 0.0544. The van der Waals surface area contributed by atoms with Crippen molar-refractivity contribution in [2.24, 2.45) is 11.8 Å². The van der Waals surface area contributed by atoms with Gasteiger partial charge in [-0.15, -0.1) is 0 Å². The number of aromatic nitrogens is 2. The van der Waals surface area contributed by atoms with Crippen LogP contribution in [-0.4, -0.2) is 22.6 Å². The number of rotatable bonds is 6. The van der Waals surface area contributed by atoms with E-state index in [9.17, 15) is 0 Å². The minimum absolute atomic E-state index is 0.0544. The van der Waals surface area contributed by atoms with Crippen LogP contribution in [0.5, 0.6) is 5.88 Å². The van der Waals surface area contributed by atoms with Crippen LogP contribution in [0.15, 0.2) is 6.33 Å². The molecular formula is C16H28N4O. The van der Waals surface area contributed by atoms with E-state index in [-0.39, 0.29) is 6.10 Å². The quantitative estimate of drug-likeness (QED) is 0.840. The third kappa shape index (κ3) is 4.76. The molecule has 2 rings (SSSR count). The van der Waals surface area contributed by atoms with E-state index < -0.39 is 0 Å². The van der Waals surface area contributed by atoms with E-state index in [0.29, 0.717) is 17.4 Å². The molecule has 1 aromatic heterocycles. The molecule has 1 heterocycles. The van der Waals surface area contributed by atoms with Crippen molar-refractivity contribution in [1.29, 1.82) is 0 Å². The van der Waals surface area contributed by atoms with Crippen molar-refractivity contribution in [1.82, 2.24) is 9.97 Å². The second-order valence-corrected chi connectivity index (χ2v) is 6.46. The van der Waals surface area contributed by atoms with Gasteiger partial charge in [-0.25, -0.2) is 4.98 Å². The number of anilines is 2. The molecule has 21 heavy (non-hydrogen) atoms. The van der Waals surface area contributed by atoms with Gasteiger partial charge >= 0.3 is 0 Å². The highest BCUT2D eigenvalue weighted by Gasteiger charge is 2.18. The van der Waals surface area contributed by atoms with Gasteiger partial charge in [-0.2, -0.15) is 4.98 Å². The summed E-state index contributed by atoms with van der Waals surface area (Å²) in [5.74, 6) is 2.85. The lowest BCUT2D eigenvalue weighted by Gasteiger charge is -2.26. The van der Waals surface area contributed by atoms with E-state index >= 15 is 0 Å². The average molecular weight is 292 g/mol. The summed E-state index contributed by atoms with van der Waals surface area (Å²) >= 11 is 0. The monoisotopic (exact) mass is 292 g/mol. The van der Waals surface area contributed by atoms with Crippen LogP contribution in [0, 0.1) is 11.8 Å². The summed E-state index contributed by atoms with van der Waals surface area (Å²) in [6.45, 7) is 7.18. The zero-order valence-electron chi connectivity index (χ0n) is 13.4. The highest BCUT2D eigenvalue weighted by Crippen LogP contribution is 2.31. The summed E-state index contributed by atoms with van der Waals surface area (Å²) in [7, 11) is 0. The minimum Gasteiger partial charge on any atom is -0.473 e. The molecule has 0 amide bonds. The van der Waals surface area contributed by atoms with Gasteiger partial charge in [0.05, 0.1) is 6.10 Å². The zero-order valence-corrected chi connectivity index (χ0v) is 13.4. The maximum atomic E-state index is 6.06. The summed E-state index contributed by atoms with van der Waals surface area (Å²) in [5, 5.41) is 3.33. The zero-order chi connectivity index (χ0) is 15.2. The maximum Gasteiger partial charge on any atom is 0.242 e. The molecule has 1 fully saturated rings. The van der Waals surface area contributed by atoms with Crippen molar-refractivity contribution in [3.05, 3.63) is 6.33 Å². The lowest BCUT2D eigenvalue weighted by Crippen LogP contribution is -2.17. The fraction of sp³-hybridized carbons (Fsp3) is 0.750. The van der Waals surface area contributed by atoms with Crippen molar-refractivity contribution in [2.75, 3.05) is 17.6 Å². The van der Waals surface area contributed by atoms with Gasteiger partial charge in [0.2, 0.25) is 5.88 Å². The largest absolute Gasteiger partial charge is 0.473 e. The standard InChI is InChI=1S/C16H28N4O/c1-11(2)21-16-14(17)15(19-10-20-16)18-8-7-13-6-4-5-12(3)9-13/h10-13H,4-9,17H2,1-3H3,(H,18,19,20). The summed E-state index contributed by atoms with van der Waals surface area (Å²) in [5.41, 5.74) is 6.56. The van der Waals surface area contributed by atoms with E-state index in [4.69, 9.17) is 10.5 Å². The van der Waals surface area contributed by atoms with Crippen molar-refractivity contribution < 1.29 is 4.74 Å². The topological polar surface area (TPSA) is 73.1 Å². The van der Waals surface area contributed by atoms with Gasteiger partial charge in [-0.3, -0.25) is 0 Å². The SMILES string of the molecule is CC1CCCC(CCNc2ncnc(OC(C)C)c2N)C1. The number of nitrogens with one attached hydrogen (secondary N) is 1. The van der Waals surface area contributed by atoms with Gasteiger partial charge < -0.3 is 15.8 Å². The highest BCUT2D eigenvalue weighted by molar-refractivity contribution is 5.66. The number of ether oxygens (including phenoxy) is 1. The number of hydrogen-bond donors (Lipinski definition) is 2. The molecule has 0 aromatic carbocycles. The van der Waals surface area contributed by atoms with Crippen LogP contribution in [-0.2, 0) is 0 Å². The Bertz CT molecular complexity index is 450. The predicted octanol–water partition coefficient (Wildman–Crippen LogP) is 3.47. The number of hydrogen-bond acceptors (Lipinski definition) is 5. The average Bonchev–Trinajstić information content (AvgIpc) is 2.42. The van der Waals surface area contributed by atoms with Crippen LogP contribution in [0.2, 0.25) is 0 Å². The van der Waals surface area contributed by atoms with E-state index in [1.54, 1.807) is 0 Å². The first-order chi connectivity index (χ1) is 10.1. The molecule has 5 nitrogen and oxygen atoms in total. The molecule has 0 saturated heterocycles. The molecule has 0 bridgehead atoms. The van der Waals surface area contributed by atoms with Crippen LogP contribution in [0.1, 0.15) is 52.9 Å².